The van der Waals surface area contributed by atoms with Gasteiger partial charge in [0, 0.05) is 0 Å². The summed E-state index contributed by atoms with van der Waals surface area (Å²) >= 11 is 0. The van der Waals surface area contributed by atoms with Gasteiger partial charge >= 0.3 is 6.09 Å². The predicted molar refractivity (Wildman–Crippen MR) is 102 cm³/mol. The molecule has 1 N–H and O–H groups in total. The molecule has 0 aliphatic carbocycles. The van der Waals surface area contributed by atoms with Crippen LogP contribution in [-0.2, 0) is 25.6 Å². The summed E-state index contributed by atoms with van der Waals surface area (Å²) < 4.78 is 35.7. The van der Waals surface area contributed by atoms with Crippen molar-refractivity contribution in [3.63, 3.8) is 0 Å². The highest BCUT2D eigenvalue weighted by Gasteiger charge is 2.37. The van der Waals surface area contributed by atoms with E-state index in [1.165, 1.54) is 17.0 Å². The second kappa shape index (κ2) is 8.72. The van der Waals surface area contributed by atoms with Gasteiger partial charge in [0.2, 0.25) is 0 Å². The molecule has 0 unspecified atom stereocenters. The molecule has 1 fully saturated rings. The van der Waals surface area contributed by atoms with Gasteiger partial charge in [0.25, 0.3) is 10.1 Å². The maximum Gasteiger partial charge on any atom is 0.407 e. The summed E-state index contributed by atoms with van der Waals surface area (Å²) in [5.41, 5.74) is 1.93. The molecule has 1 aliphatic rings. The fraction of sp³-hybridized carbons (Fsp3) is 0.350. The van der Waals surface area contributed by atoms with Crippen molar-refractivity contribution in [3.05, 3.63) is 65.7 Å². The van der Waals surface area contributed by atoms with Crippen LogP contribution >= 0.6 is 0 Å². The molecular weight excluding hydrogens is 382 g/mol. The Morgan fingerprint density at radius 3 is 2.46 bits per heavy atom. The van der Waals surface area contributed by atoms with E-state index in [4.69, 9.17) is 8.92 Å². The standard InChI is InChI=1S/C20H23NO6S/c1-15-7-9-19(10-8-15)28(24,25)27-14-17-11-18(12-21(17)20(22)23)26-13-16-5-3-2-4-6-16/h2-10,17-18H,11-14H2,1H3,(H,22,23)/t17-,18+/m1/s1. The third-order valence-electron chi connectivity index (χ3n) is 4.68. The molecule has 0 radical (unpaired) electrons. The van der Waals surface area contributed by atoms with E-state index in [9.17, 15) is 18.3 Å². The molecule has 2 aromatic carbocycles. The Morgan fingerprint density at radius 1 is 1.14 bits per heavy atom. The average molecular weight is 405 g/mol. The number of rotatable bonds is 7. The van der Waals surface area contributed by atoms with E-state index in [0.717, 1.165) is 11.1 Å². The zero-order valence-electron chi connectivity index (χ0n) is 15.5. The smallest absolute Gasteiger partial charge is 0.407 e. The van der Waals surface area contributed by atoms with Gasteiger partial charge in [0.1, 0.15) is 0 Å². The minimum absolute atomic E-state index is 0.0508. The van der Waals surface area contributed by atoms with Gasteiger partial charge < -0.3 is 14.7 Å². The van der Waals surface area contributed by atoms with Crippen LogP contribution in [0.1, 0.15) is 17.5 Å². The number of hydrogen-bond acceptors (Lipinski definition) is 5. The van der Waals surface area contributed by atoms with Crippen LogP contribution in [0.2, 0.25) is 0 Å². The molecule has 1 heterocycles. The number of aryl methyl sites for hydroxylation is 1. The summed E-state index contributed by atoms with van der Waals surface area (Å²) in [4.78, 5) is 12.8. The molecule has 7 nitrogen and oxygen atoms in total. The molecule has 1 amide bonds. The van der Waals surface area contributed by atoms with Gasteiger partial charge in [-0.3, -0.25) is 4.18 Å². The van der Waals surface area contributed by atoms with Crippen molar-refractivity contribution < 1.29 is 27.2 Å². The molecular formula is C20H23NO6S. The van der Waals surface area contributed by atoms with Crippen LogP contribution in [0.4, 0.5) is 4.79 Å². The summed E-state index contributed by atoms with van der Waals surface area (Å²) in [7, 11) is -3.95. The number of ether oxygens (including phenoxy) is 1. The van der Waals surface area contributed by atoms with Crippen molar-refractivity contribution in [2.24, 2.45) is 0 Å². The lowest BCUT2D eigenvalue weighted by molar-refractivity contribution is 0.0465. The number of carbonyl (C=O) groups is 1. The first-order chi connectivity index (χ1) is 13.3. The van der Waals surface area contributed by atoms with E-state index in [1.54, 1.807) is 12.1 Å². The number of nitrogens with zero attached hydrogens (tertiary/aromatic N) is 1. The quantitative estimate of drug-likeness (QED) is 0.712. The third kappa shape index (κ3) is 5.09. The SMILES string of the molecule is Cc1ccc(S(=O)(=O)OC[C@H]2C[C@H](OCc3ccccc3)CN2C(=O)O)cc1. The topological polar surface area (TPSA) is 93.1 Å². The van der Waals surface area contributed by atoms with Gasteiger partial charge in [0.15, 0.2) is 0 Å². The van der Waals surface area contributed by atoms with Crippen LogP contribution in [0.15, 0.2) is 59.5 Å². The van der Waals surface area contributed by atoms with Crippen LogP contribution in [0.3, 0.4) is 0 Å². The van der Waals surface area contributed by atoms with Gasteiger partial charge in [0.05, 0.1) is 36.8 Å². The predicted octanol–water partition coefficient (Wildman–Crippen LogP) is 3.04. The van der Waals surface area contributed by atoms with Crippen LogP contribution in [-0.4, -0.2) is 49.8 Å². The minimum Gasteiger partial charge on any atom is -0.465 e. The fourth-order valence-corrected chi connectivity index (χ4v) is 4.06. The highest BCUT2D eigenvalue weighted by molar-refractivity contribution is 7.86. The van der Waals surface area contributed by atoms with Gasteiger partial charge in [-0.15, -0.1) is 0 Å². The Morgan fingerprint density at radius 2 is 1.82 bits per heavy atom. The molecule has 8 heteroatoms. The lowest BCUT2D eigenvalue weighted by atomic mass is 10.2. The summed E-state index contributed by atoms with van der Waals surface area (Å²) in [6, 6.07) is 15.3. The minimum atomic E-state index is -3.95. The van der Waals surface area contributed by atoms with Gasteiger partial charge in [-0.2, -0.15) is 8.42 Å². The molecule has 0 bridgehead atoms. The normalized spacial score (nSPS) is 19.7. The first kappa shape index (κ1) is 20.3. The molecule has 28 heavy (non-hydrogen) atoms. The van der Waals surface area contributed by atoms with E-state index in [2.05, 4.69) is 0 Å². The van der Waals surface area contributed by atoms with Crippen LogP contribution in [0.5, 0.6) is 0 Å². The number of likely N-dealkylation sites (tertiary alicyclic amines) is 1. The molecule has 0 spiro atoms. The highest BCUT2D eigenvalue weighted by Crippen LogP contribution is 2.23. The molecule has 1 aliphatic heterocycles. The summed E-state index contributed by atoms with van der Waals surface area (Å²) in [5, 5.41) is 9.43. The largest absolute Gasteiger partial charge is 0.465 e. The zero-order chi connectivity index (χ0) is 20.1. The van der Waals surface area contributed by atoms with Gasteiger partial charge in [-0.05, 0) is 31.0 Å². The Bertz CT molecular complexity index is 898. The molecule has 2 aromatic rings. The van der Waals surface area contributed by atoms with Crippen LogP contribution in [0, 0.1) is 6.92 Å². The van der Waals surface area contributed by atoms with E-state index in [-0.39, 0.29) is 24.2 Å². The average Bonchev–Trinajstić information content (AvgIpc) is 3.10. The number of carboxylic acid groups (broad SMARTS) is 1. The maximum atomic E-state index is 12.3. The number of hydrogen-bond donors (Lipinski definition) is 1. The van der Waals surface area contributed by atoms with Gasteiger partial charge in [-0.1, -0.05) is 48.0 Å². The molecule has 3 rings (SSSR count). The molecule has 0 aromatic heterocycles. The number of amides is 1. The fourth-order valence-electron chi connectivity index (χ4n) is 3.12. The highest BCUT2D eigenvalue weighted by atomic mass is 32.2. The van der Waals surface area contributed by atoms with Crippen molar-refractivity contribution in [1.29, 1.82) is 0 Å². The third-order valence-corrected chi connectivity index (χ3v) is 5.97. The van der Waals surface area contributed by atoms with E-state index in [0.29, 0.717) is 13.0 Å². The first-order valence-corrected chi connectivity index (χ1v) is 10.4. The lowest BCUT2D eigenvalue weighted by Gasteiger charge is -2.20. The van der Waals surface area contributed by atoms with Crippen molar-refractivity contribution in [2.75, 3.05) is 13.2 Å². The summed E-state index contributed by atoms with van der Waals surface area (Å²) in [5.74, 6) is 0. The van der Waals surface area contributed by atoms with Crippen LogP contribution < -0.4 is 0 Å². The van der Waals surface area contributed by atoms with Gasteiger partial charge in [-0.25, -0.2) is 4.79 Å². The van der Waals surface area contributed by atoms with Crippen molar-refractivity contribution >= 4 is 16.2 Å². The van der Waals surface area contributed by atoms with Crippen LogP contribution in [0.25, 0.3) is 0 Å². The second-order valence-corrected chi connectivity index (χ2v) is 8.41. The summed E-state index contributed by atoms with van der Waals surface area (Å²) in [6.07, 6.45) is -1.05. The molecule has 1 saturated heterocycles. The monoisotopic (exact) mass is 405 g/mol. The Hall–Kier alpha value is -2.42. The second-order valence-electron chi connectivity index (χ2n) is 6.79. The Balaban J connectivity index is 1.60. The Labute approximate surface area is 164 Å². The van der Waals surface area contributed by atoms with E-state index >= 15 is 0 Å². The summed E-state index contributed by atoms with van der Waals surface area (Å²) in [6.45, 7) is 2.17. The lowest BCUT2D eigenvalue weighted by Crippen LogP contribution is -2.38. The van der Waals surface area contributed by atoms with Crippen molar-refractivity contribution in [1.82, 2.24) is 4.90 Å². The Kier molecular flexibility index (Phi) is 6.33. The molecule has 2 atom stereocenters. The van der Waals surface area contributed by atoms with Crippen molar-refractivity contribution in [3.8, 4) is 0 Å². The molecule has 0 saturated carbocycles. The number of benzene rings is 2. The molecule has 150 valence electrons. The first-order valence-electron chi connectivity index (χ1n) is 8.96. The van der Waals surface area contributed by atoms with Crippen molar-refractivity contribution in [2.45, 2.75) is 37.0 Å². The van der Waals surface area contributed by atoms with E-state index < -0.39 is 22.3 Å². The zero-order valence-corrected chi connectivity index (χ0v) is 16.3. The van der Waals surface area contributed by atoms with E-state index in [1.807, 2.05) is 37.3 Å². The maximum absolute atomic E-state index is 12.3.